The Balaban J connectivity index is 1.58. The van der Waals surface area contributed by atoms with Crippen LogP contribution in [0.25, 0.3) is 0 Å². The molecule has 0 spiro atoms. The van der Waals surface area contributed by atoms with Crippen molar-refractivity contribution in [2.45, 2.75) is 63.5 Å². The third-order valence-electron chi connectivity index (χ3n) is 6.33. The second-order valence-electron chi connectivity index (χ2n) is 7.78. The maximum Gasteiger partial charge on any atom is 0.224 e. The molecule has 1 aliphatic carbocycles. The predicted molar refractivity (Wildman–Crippen MR) is 91.2 cm³/mol. The maximum atomic E-state index is 12.9. The molecule has 1 amide bonds. The molecule has 23 heavy (non-hydrogen) atoms. The normalized spacial score (nSPS) is 28.0. The van der Waals surface area contributed by atoms with Gasteiger partial charge in [0, 0.05) is 44.2 Å². The fourth-order valence-electron chi connectivity index (χ4n) is 4.74. The molecule has 1 saturated carbocycles. The third-order valence-corrected chi connectivity index (χ3v) is 6.33. The molecule has 3 rings (SSSR count). The van der Waals surface area contributed by atoms with Crippen molar-refractivity contribution < 1.29 is 9.53 Å². The zero-order chi connectivity index (χ0) is 16.3. The minimum absolute atomic E-state index is 0.110. The van der Waals surface area contributed by atoms with Crippen LogP contribution in [0.15, 0.2) is 0 Å². The van der Waals surface area contributed by atoms with E-state index in [-0.39, 0.29) is 11.6 Å². The largest absolute Gasteiger partial charge is 0.379 e. The highest BCUT2D eigenvalue weighted by Gasteiger charge is 2.42. The number of nitrogens with zero attached hydrogens (tertiary/aromatic N) is 2. The lowest BCUT2D eigenvalue weighted by atomic mass is 9.87. The van der Waals surface area contributed by atoms with Gasteiger partial charge in [0.05, 0.1) is 13.2 Å². The van der Waals surface area contributed by atoms with Gasteiger partial charge in [0.15, 0.2) is 0 Å². The number of carbonyl (C=O) groups is 1. The van der Waals surface area contributed by atoms with Crippen molar-refractivity contribution in [1.82, 2.24) is 9.80 Å². The number of ether oxygens (including phenoxy) is 1. The van der Waals surface area contributed by atoms with Crippen LogP contribution in [-0.2, 0) is 9.53 Å². The van der Waals surface area contributed by atoms with Crippen LogP contribution in [0.3, 0.4) is 0 Å². The van der Waals surface area contributed by atoms with Gasteiger partial charge in [-0.2, -0.15) is 0 Å². The monoisotopic (exact) mass is 323 g/mol. The Kier molecular flexibility index (Phi) is 5.60. The first-order valence-corrected chi connectivity index (χ1v) is 9.47. The van der Waals surface area contributed by atoms with Crippen LogP contribution >= 0.6 is 0 Å². The Hall–Kier alpha value is -0.650. The van der Waals surface area contributed by atoms with Crippen LogP contribution in [0, 0.1) is 5.92 Å². The van der Waals surface area contributed by atoms with E-state index >= 15 is 0 Å². The molecule has 2 N–H and O–H groups in total. The van der Waals surface area contributed by atoms with Crippen LogP contribution in [0.4, 0.5) is 0 Å². The van der Waals surface area contributed by atoms with Crippen LogP contribution in [-0.4, -0.2) is 66.7 Å². The lowest BCUT2D eigenvalue weighted by Crippen LogP contribution is -2.55. The lowest BCUT2D eigenvalue weighted by molar-refractivity contribution is -0.137. The molecule has 3 aliphatic rings. The summed E-state index contributed by atoms with van der Waals surface area (Å²) < 4.78 is 5.51. The Bertz CT molecular complexity index is 393. The van der Waals surface area contributed by atoms with Crippen molar-refractivity contribution in [3.8, 4) is 0 Å². The third kappa shape index (κ3) is 3.89. The molecule has 1 atom stereocenters. The van der Waals surface area contributed by atoms with Crippen molar-refractivity contribution in [3.05, 3.63) is 0 Å². The molecule has 2 saturated heterocycles. The number of likely N-dealkylation sites (tertiary alicyclic amines) is 1. The standard InChI is InChI=1S/C18H33N3O2/c1-15(19)16-4-8-20(9-5-16)17(22)14-18(6-2-3-7-18)21-10-12-23-13-11-21/h15-16H,2-14,19H2,1H3. The van der Waals surface area contributed by atoms with Gasteiger partial charge in [-0.1, -0.05) is 12.8 Å². The predicted octanol–water partition coefficient (Wildman–Crippen LogP) is 1.61. The van der Waals surface area contributed by atoms with E-state index in [4.69, 9.17) is 10.5 Å². The first kappa shape index (κ1) is 17.2. The van der Waals surface area contributed by atoms with Gasteiger partial charge < -0.3 is 15.4 Å². The fourth-order valence-corrected chi connectivity index (χ4v) is 4.74. The summed E-state index contributed by atoms with van der Waals surface area (Å²) in [7, 11) is 0. The second-order valence-corrected chi connectivity index (χ2v) is 7.78. The number of hydrogen-bond donors (Lipinski definition) is 1. The van der Waals surface area contributed by atoms with Crippen LogP contribution in [0.1, 0.15) is 51.9 Å². The van der Waals surface area contributed by atoms with Crippen LogP contribution in [0.5, 0.6) is 0 Å². The molecule has 2 heterocycles. The quantitative estimate of drug-likeness (QED) is 0.854. The Morgan fingerprint density at radius 1 is 1.17 bits per heavy atom. The van der Waals surface area contributed by atoms with Crippen molar-refractivity contribution in [3.63, 3.8) is 0 Å². The average Bonchev–Trinajstić information content (AvgIpc) is 3.05. The van der Waals surface area contributed by atoms with Crippen molar-refractivity contribution >= 4 is 5.91 Å². The second kappa shape index (κ2) is 7.49. The molecule has 0 aromatic rings. The van der Waals surface area contributed by atoms with Gasteiger partial charge in [-0.15, -0.1) is 0 Å². The summed E-state index contributed by atoms with van der Waals surface area (Å²) in [6, 6.07) is 0.252. The number of carbonyl (C=O) groups excluding carboxylic acids is 1. The SMILES string of the molecule is CC(N)C1CCN(C(=O)CC2(N3CCOCC3)CCCC2)CC1. The first-order valence-electron chi connectivity index (χ1n) is 9.47. The lowest BCUT2D eigenvalue weighted by Gasteiger charge is -2.44. The molecule has 0 aromatic carbocycles. The van der Waals surface area contributed by atoms with E-state index in [1.54, 1.807) is 0 Å². The van der Waals surface area contributed by atoms with E-state index in [0.717, 1.165) is 52.2 Å². The minimum atomic E-state index is 0.110. The van der Waals surface area contributed by atoms with E-state index in [1.807, 2.05) is 0 Å². The zero-order valence-electron chi connectivity index (χ0n) is 14.6. The van der Waals surface area contributed by atoms with Crippen molar-refractivity contribution in [1.29, 1.82) is 0 Å². The van der Waals surface area contributed by atoms with E-state index in [0.29, 0.717) is 18.2 Å². The molecule has 132 valence electrons. The number of morpholine rings is 1. The topological polar surface area (TPSA) is 58.8 Å². The van der Waals surface area contributed by atoms with E-state index in [9.17, 15) is 4.79 Å². The highest BCUT2D eigenvalue weighted by Crippen LogP contribution is 2.39. The minimum Gasteiger partial charge on any atom is -0.379 e. The number of nitrogens with two attached hydrogens (primary N) is 1. The average molecular weight is 323 g/mol. The van der Waals surface area contributed by atoms with Gasteiger partial charge in [-0.25, -0.2) is 0 Å². The summed E-state index contributed by atoms with van der Waals surface area (Å²) in [4.78, 5) is 17.6. The van der Waals surface area contributed by atoms with E-state index in [2.05, 4.69) is 16.7 Å². The Morgan fingerprint density at radius 3 is 2.35 bits per heavy atom. The first-order chi connectivity index (χ1) is 11.1. The van der Waals surface area contributed by atoms with Gasteiger partial charge >= 0.3 is 0 Å². The summed E-state index contributed by atoms with van der Waals surface area (Å²) in [6.07, 6.45) is 7.71. The van der Waals surface area contributed by atoms with Crippen LogP contribution in [0.2, 0.25) is 0 Å². The summed E-state index contributed by atoms with van der Waals surface area (Å²) in [5, 5.41) is 0. The molecule has 5 nitrogen and oxygen atoms in total. The number of piperidine rings is 1. The van der Waals surface area contributed by atoms with Gasteiger partial charge in [0.25, 0.3) is 0 Å². The van der Waals surface area contributed by atoms with Gasteiger partial charge in [-0.05, 0) is 38.5 Å². The summed E-state index contributed by atoms with van der Waals surface area (Å²) in [5.41, 5.74) is 6.13. The van der Waals surface area contributed by atoms with Gasteiger partial charge in [0.2, 0.25) is 5.91 Å². The maximum absolute atomic E-state index is 12.9. The molecule has 1 unspecified atom stereocenters. The Labute approximate surface area is 140 Å². The highest BCUT2D eigenvalue weighted by atomic mass is 16.5. The smallest absolute Gasteiger partial charge is 0.224 e. The van der Waals surface area contributed by atoms with Crippen LogP contribution < -0.4 is 5.73 Å². The summed E-state index contributed by atoms with van der Waals surface area (Å²) in [5.74, 6) is 0.945. The number of hydrogen-bond acceptors (Lipinski definition) is 4. The summed E-state index contributed by atoms with van der Waals surface area (Å²) >= 11 is 0. The molecule has 5 heteroatoms. The van der Waals surface area contributed by atoms with Crippen molar-refractivity contribution in [2.24, 2.45) is 11.7 Å². The highest BCUT2D eigenvalue weighted by molar-refractivity contribution is 5.77. The number of amides is 1. The van der Waals surface area contributed by atoms with E-state index in [1.165, 1.54) is 25.7 Å². The number of rotatable bonds is 4. The molecule has 0 radical (unpaired) electrons. The molecular formula is C18H33N3O2. The Morgan fingerprint density at radius 2 is 1.78 bits per heavy atom. The zero-order valence-corrected chi connectivity index (χ0v) is 14.6. The molecule has 3 fully saturated rings. The molecule has 0 aromatic heterocycles. The molecular weight excluding hydrogens is 290 g/mol. The molecule has 2 aliphatic heterocycles. The van der Waals surface area contributed by atoms with E-state index < -0.39 is 0 Å². The van der Waals surface area contributed by atoms with Crippen molar-refractivity contribution in [2.75, 3.05) is 39.4 Å². The van der Waals surface area contributed by atoms with Gasteiger partial charge in [0.1, 0.15) is 0 Å². The molecule has 0 bridgehead atoms. The fraction of sp³-hybridized carbons (Fsp3) is 0.944. The summed E-state index contributed by atoms with van der Waals surface area (Å²) in [6.45, 7) is 7.48. The van der Waals surface area contributed by atoms with Gasteiger partial charge in [-0.3, -0.25) is 9.69 Å².